The van der Waals surface area contributed by atoms with Crippen LogP contribution < -0.4 is 16.6 Å². The highest BCUT2D eigenvalue weighted by molar-refractivity contribution is 5.77. The van der Waals surface area contributed by atoms with Crippen LogP contribution in [0.5, 0.6) is 0 Å². The molecule has 0 aliphatic carbocycles. The van der Waals surface area contributed by atoms with Crippen LogP contribution in [0.15, 0.2) is 58.3 Å². The Bertz CT molecular complexity index is 1020. The number of para-hydroxylation sites is 1. The smallest absolute Gasteiger partial charge is 0.328 e. The lowest BCUT2D eigenvalue weighted by Gasteiger charge is -2.07. The minimum Gasteiger partial charge on any atom is -0.350 e. The van der Waals surface area contributed by atoms with Crippen LogP contribution in [0.4, 0.5) is 0 Å². The van der Waals surface area contributed by atoms with Crippen LogP contribution in [-0.4, -0.2) is 20.4 Å². The summed E-state index contributed by atoms with van der Waals surface area (Å²) in [6.45, 7) is 0.760. The second kappa shape index (κ2) is 8.93. The second-order valence-electron chi connectivity index (χ2n) is 6.34. The molecular formula is C20H22N4O3. The van der Waals surface area contributed by atoms with Gasteiger partial charge in [0.1, 0.15) is 0 Å². The molecule has 0 spiro atoms. The van der Waals surface area contributed by atoms with Gasteiger partial charge in [0.15, 0.2) is 0 Å². The number of amides is 1. The summed E-state index contributed by atoms with van der Waals surface area (Å²) in [7, 11) is 0. The largest absolute Gasteiger partial charge is 0.350 e. The number of H-pyrrole nitrogens is 1. The Morgan fingerprint density at radius 1 is 1.04 bits per heavy atom. The number of unbranched alkanes of at least 4 members (excludes halogenated alkanes) is 2. The van der Waals surface area contributed by atoms with Crippen LogP contribution in [0.25, 0.3) is 10.9 Å². The van der Waals surface area contributed by atoms with Crippen molar-refractivity contribution in [1.82, 2.24) is 19.9 Å². The van der Waals surface area contributed by atoms with Gasteiger partial charge in [0.05, 0.1) is 23.1 Å². The molecule has 7 heteroatoms. The molecule has 2 heterocycles. The van der Waals surface area contributed by atoms with E-state index in [0.717, 1.165) is 12.1 Å². The number of benzene rings is 1. The minimum absolute atomic E-state index is 0.0265. The van der Waals surface area contributed by atoms with Crippen LogP contribution in [-0.2, 0) is 17.9 Å². The van der Waals surface area contributed by atoms with Crippen LogP contribution in [0.3, 0.4) is 0 Å². The molecule has 0 unspecified atom stereocenters. The quantitative estimate of drug-likeness (QED) is 0.596. The lowest BCUT2D eigenvalue weighted by molar-refractivity contribution is -0.121. The summed E-state index contributed by atoms with van der Waals surface area (Å²) < 4.78 is 1.23. The van der Waals surface area contributed by atoms with E-state index in [9.17, 15) is 14.4 Å². The van der Waals surface area contributed by atoms with E-state index in [4.69, 9.17) is 0 Å². The number of carbonyl (C=O) groups is 1. The van der Waals surface area contributed by atoms with E-state index in [1.54, 1.807) is 30.5 Å². The molecule has 0 atom stereocenters. The van der Waals surface area contributed by atoms with E-state index in [1.807, 2.05) is 18.2 Å². The van der Waals surface area contributed by atoms with Crippen molar-refractivity contribution >= 4 is 16.8 Å². The van der Waals surface area contributed by atoms with Crippen LogP contribution in [0.1, 0.15) is 31.4 Å². The van der Waals surface area contributed by atoms with Crippen molar-refractivity contribution in [1.29, 1.82) is 0 Å². The van der Waals surface area contributed by atoms with Crippen molar-refractivity contribution in [3.8, 4) is 0 Å². The Hall–Kier alpha value is -3.22. The minimum atomic E-state index is -0.396. The summed E-state index contributed by atoms with van der Waals surface area (Å²) in [6, 6.07) is 12.5. The number of nitrogens with zero attached hydrogens (tertiary/aromatic N) is 2. The first-order valence-electron chi connectivity index (χ1n) is 9.03. The fraction of sp³-hybridized carbons (Fsp3) is 0.300. The molecule has 7 nitrogen and oxygen atoms in total. The molecule has 3 aromatic rings. The number of hydrogen-bond donors (Lipinski definition) is 2. The van der Waals surface area contributed by atoms with Crippen LogP contribution >= 0.6 is 0 Å². The van der Waals surface area contributed by atoms with Crippen molar-refractivity contribution in [2.75, 3.05) is 0 Å². The van der Waals surface area contributed by atoms with Gasteiger partial charge in [-0.15, -0.1) is 0 Å². The summed E-state index contributed by atoms with van der Waals surface area (Å²) >= 11 is 0. The van der Waals surface area contributed by atoms with E-state index in [-0.39, 0.29) is 11.5 Å². The number of aromatic nitrogens is 3. The third-order valence-electron chi connectivity index (χ3n) is 4.37. The molecule has 0 aliphatic rings. The number of fused-ring (bicyclic) bond motifs is 1. The summed E-state index contributed by atoms with van der Waals surface area (Å²) in [6.07, 6.45) is 4.23. The summed E-state index contributed by atoms with van der Waals surface area (Å²) in [5.74, 6) is -0.0265. The van der Waals surface area contributed by atoms with Crippen molar-refractivity contribution in [2.24, 2.45) is 0 Å². The monoisotopic (exact) mass is 366 g/mol. The highest BCUT2D eigenvalue weighted by atomic mass is 16.2. The van der Waals surface area contributed by atoms with Gasteiger partial charge in [-0.1, -0.05) is 24.6 Å². The Labute approximate surface area is 156 Å². The standard InChI is InChI=1S/C20H22N4O3/c25-18(22-14-15-8-5-6-12-21-15)11-2-1-7-13-24-19(26)16-9-3-4-10-17(16)23-20(24)27/h3-6,8-10,12H,1-2,7,11,13-14H2,(H,22,25)(H,23,27). The van der Waals surface area contributed by atoms with Gasteiger partial charge in [-0.25, -0.2) is 4.79 Å². The maximum absolute atomic E-state index is 12.4. The van der Waals surface area contributed by atoms with E-state index in [2.05, 4.69) is 15.3 Å². The Morgan fingerprint density at radius 3 is 2.67 bits per heavy atom. The van der Waals surface area contributed by atoms with Crippen molar-refractivity contribution in [3.05, 3.63) is 75.2 Å². The van der Waals surface area contributed by atoms with E-state index in [1.165, 1.54) is 4.57 Å². The molecule has 3 rings (SSSR count). The number of hydrogen-bond acceptors (Lipinski definition) is 4. The van der Waals surface area contributed by atoms with Gasteiger partial charge in [-0.05, 0) is 37.1 Å². The zero-order valence-electron chi connectivity index (χ0n) is 15.0. The molecule has 0 saturated heterocycles. The number of rotatable bonds is 8. The molecule has 0 radical (unpaired) electrons. The molecule has 2 N–H and O–H groups in total. The summed E-state index contributed by atoms with van der Waals surface area (Å²) in [5.41, 5.74) is 0.698. The second-order valence-corrected chi connectivity index (χ2v) is 6.34. The number of carbonyl (C=O) groups excluding carboxylic acids is 1. The van der Waals surface area contributed by atoms with Gasteiger partial charge < -0.3 is 10.3 Å². The van der Waals surface area contributed by atoms with E-state index < -0.39 is 5.69 Å². The zero-order valence-corrected chi connectivity index (χ0v) is 15.0. The maximum Gasteiger partial charge on any atom is 0.328 e. The van der Waals surface area contributed by atoms with Crippen LogP contribution in [0.2, 0.25) is 0 Å². The van der Waals surface area contributed by atoms with Crippen LogP contribution in [0, 0.1) is 0 Å². The van der Waals surface area contributed by atoms with Gasteiger partial charge in [-0.3, -0.25) is 19.1 Å². The van der Waals surface area contributed by atoms with Gasteiger partial charge in [-0.2, -0.15) is 0 Å². The van der Waals surface area contributed by atoms with Gasteiger partial charge in [0.2, 0.25) is 5.91 Å². The van der Waals surface area contributed by atoms with Crippen molar-refractivity contribution in [3.63, 3.8) is 0 Å². The highest BCUT2D eigenvalue weighted by Crippen LogP contribution is 2.05. The Kier molecular flexibility index (Phi) is 6.14. The molecule has 0 bridgehead atoms. The van der Waals surface area contributed by atoms with Gasteiger partial charge in [0.25, 0.3) is 5.56 Å². The Morgan fingerprint density at radius 2 is 1.85 bits per heavy atom. The predicted octanol–water partition coefficient (Wildman–Crippen LogP) is 1.96. The maximum atomic E-state index is 12.4. The highest BCUT2D eigenvalue weighted by Gasteiger charge is 2.07. The average molecular weight is 366 g/mol. The molecule has 1 amide bonds. The fourth-order valence-corrected chi connectivity index (χ4v) is 2.91. The number of aromatic amines is 1. The van der Waals surface area contributed by atoms with Crippen molar-refractivity contribution < 1.29 is 4.79 Å². The lowest BCUT2D eigenvalue weighted by atomic mass is 10.2. The van der Waals surface area contributed by atoms with Gasteiger partial charge in [0, 0.05) is 19.2 Å². The summed E-state index contributed by atoms with van der Waals surface area (Å²) in [5, 5.41) is 3.34. The third-order valence-corrected chi connectivity index (χ3v) is 4.37. The number of nitrogens with one attached hydrogen (secondary N) is 2. The lowest BCUT2D eigenvalue weighted by Crippen LogP contribution is -2.35. The van der Waals surface area contributed by atoms with E-state index in [0.29, 0.717) is 43.3 Å². The molecular weight excluding hydrogens is 344 g/mol. The normalized spacial score (nSPS) is 10.8. The summed E-state index contributed by atoms with van der Waals surface area (Å²) in [4.78, 5) is 43.2. The zero-order chi connectivity index (χ0) is 19.1. The first-order valence-corrected chi connectivity index (χ1v) is 9.03. The molecule has 0 aliphatic heterocycles. The first kappa shape index (κ1) is 18.6. The fourth-order valence-electron chi connectivity index (χ4n) is 2.91. The topological polar surface area (TPSA) is 96.9 Å². The average Bonchev–Trinajstić information content (AvgIpc) is 2.69. The Balaban J connectivity index is 1.44. The molecule has 0 fully saturated rings. The number of pyridine rings is 1. The van der Waals surface area contributed by atoms with Crippen molar-refractivity contribution in [2.45, 2.75) is 38.8 Å². The van der Waals surface area contributed by atoms with E-state index >= 15 is 0 Å². The molecule has 27 heavy (non-hydrogen) atoms. The SMILES string of the molecule is O=C(CCCCCn1c(=O)[nH]c2ccccc2c1=O)NCc1ccccn1. The first-order chi connectivity index (χ1) is 13.1. The molecule has 0 saturated carbocycles. The third kappa shape index (κ3) is 4.91. The van der Waals surface area contributed by atoms with Gasteiger partial charge >= 0.3 is 5.69 Å². The predicted molar refractivity (Wildman–Crippen MR) is 103 cm³/mol. The molecule has 2 aromatic heterocycles. The molecule has 140 valence electrons. The molecule has 1 aromatic carbocycles.